The van der Waals surface area contributed by atoms with Crippen LogP contribution in [0, 0.1) is 0 Å². The minimum absolute atomic E-state index is 0.261. The molecule has 0 atom stereocenters. The van der Waals surface area contributed by atoms with E-state index in [-0.39, 0.29) is 12.1 Å². The van der Waals surface area contributed by atoms with Gasteiger partial charge in [0, 0.05) is 34.8 Å². The summed E-state index contributed by atoms with van der Waals surface area (Å²) < 4.78 is 18.0. The van der Waals surface area contributed by atoms with Gasteiger partial charge in [-0.2, -0.15) is 5.10 Å². The predicted molar refractivity (Wildman–Crippen MR) is 142 cm³/mol. The standard InChI is InChI=1S/C28H28N4O5/c1-35-24-13-20(14-25(36-2)27(24)37-3)28(34)29-16-26(33)31-30-15-21-18-32(17-19-9-5-4-6-10-19)23-12-8-7-11-22(21)23/h4-15,18H,16-17H2,1-3H3,(H,29,34)(H,31,33)/b30-15-. The van der Waals surface area contributed by atoms with E-state index in [1.165, 1.54) is 39.0 Å². The summed E-state index contributed by atoms with van der Waals surface area (Å²) in [6.07, 6.45) is 3.60. The highest BCUT2D eigenvalue weighted by Gasteiger charge is 2.17. The first kappa shape index (κ1) is 25.3. The maximum absolute atomic E-state index is 12.6. The first-order chi connectivity index (χ1) is 18.0. The van der Waals surface area contributed by atoms with Crippen LogP contribution in [0.3, 0.4) is 0 Å². The van der Waals surface area contributed by atoms with Crippen molar-refractivity contribution in [3.05, 3.63) is 89.6 Å². The Kier molecular flexibility index (Phi) is 8.05. The van der Waals surface area contributed by atoms with Crippen LogP contribution in [0.5, 0.6) is 17.2 Å². The number of carbonyl (C=O) groups is 2. The molecule has 1 aromatic heterocycles. The molecule has 0 radical (unpaired) electrons. The molecule has 0 unspecified atom stereocenters. The second kappa shape index (κ2) is 11.8. The zero-order valence-electron chi connectivity index (χ0n) is 20.9. The first-order valence-corrected chi connectivity index (χ1v) is 11.6. The van der Waals surface area contributed by atoms with Crippen molar-refractivity contribution in [2.24, 2.45) is 5.10 Å². The lowest BCUT2D eigenvalue weighted by Crippen LogP contribution is -2.34. The molecular weight excluding hydrogens is 472 g/mol. The molecule has 0 aliphatic carbocycles. The molecular formula is C28H28N4O5. The van der Waals surface area contributed by atoms with Crippen molar-refractivity contribution in [1.29, 1.82) is 0 Å². The second-order valence-electron chi connectivity index (χ2n) is 8.10. The van der Waals surface area contributed by atoms with E-state index >= 15 is 0 Å². The van der Waals surface area contributed by atoms with Crippen molar-refractivity contribution in [1.82, 2.24) is 15.3 Å². The van der Waals surface area contributed by atoms with E-state index in [1.807, 2.05) is 48.7 Å². The number of methoxy groups -OCH3 is 3. The SMILES string of the molecule is COc1cc(C(=O)NCC(=O)N/N=C\c2cn(Cc3ccccc3)c3ccccc23)cc(OC)c1OC. The third-order valence-corrected chi connectivity index (χ3v) is 5.74. The number of hydrogen-bond donors (Lipinski definition) is 2. The molecule has 4 rings (SSSR count). The number of rotatable bonds is 10. The molecule has 0 saturated heterocycles. The average Bonchev–Trinajstić information content (AvgIpc) is 3.28. The normalized spacial score (nSPS) is 10.9. The number of benzene rings is 3. The quantitative estimate of drug-likeness (QED) is 0.256. The third kappa shape index (κ3) is 5.90. The number of para-hydroxylation sites is 1. The van der Waals surface area contributed by atoms with E-state index in [0.717, 1.165) is 16.5 Å². The number of carbonyl (C=O) groups excluding carboxylic acids is 2. The number of fused-ring (bicyclic) bond motifs is 1. The molecule has 0 spiro atoms. The van der Waals surface area contributed by atoms with Crippen LogP contribution in [-0.4, -0.2) is 50.5 Å². The fourth-order valence-corrected chi connectivity index (χ4v) is 3.98. The van der Waals surface area contributed by atoms with Gasteiger partial charge in [-0.15, -0.1) is 0 Å². The van der Waals surface area contributed by atoms with E-state index in [0.29, 0.717) is 23.8 Å². The van der Waals surface area contributed by atoms with E-state index in [2.05, 4.69) is 32.5 Å². The van der Waals surface area contributed by atoms with Gasteiger partial charge in [0.05, 0.1) is 34.1 Å². The summed E-state index contributed by atoms with van der Waals surface area (Å²) in [6, 6.07) is 21.2. The van der Waals surface area contributed by atoms with E-state index in [4.69, 9.17) is 14.2 Å². The van der Waals surface area contributed by atoms with Crippen molar-refractivity contribution in [2.75, 3.05) is 27.9 Å². The second-order valence-corrected chi connectivity index (χ2v) is 8.10. The molecule has 2 amide bonds. The van der Waals surface area contributed by atoms with Gasteiger partial charge in [0.2, 0.25) is 5.75 Å². The number of nitrogens with one attached hydrogen (secondary N) is 2. The summed E-state index contributed by atoms with van der Waals surface area (Å²) in [6.45, 7) is 0.455. The number of hydrogen-bond acceptors (Lipinski definition) is 6. The van der Waals surface area contributed by atoms with Gasteiger partial charge in [0.15, 0.2) is 11.5 Å². The molecule has 0 saturated carbocycles. The van der Waals surface area contributed by atoms with E-state index < -0.39 is 11.8 Å². The van der Waals surface area contributed by atoms with Crippen LogP contribution in [0.1, 0.15) is 21.5 Å². The number of ether oxygens (including phenoxy) is 3. The van der Waals surface area contributed by atoms with Gasteiger partial charge in [-0.25, -0.2) is 5.43 Å². The molecule has 4 aromatic rings. The van der Waals surface area contributed by atoms with Gasteiger partial charge in [0.1, 0.15) is 0 Å². The van der Waals surface area contributed by atoms with Crippen LogP contribution in [0.4, 0.5) is 0 Å². The zero-order valence-corrected chi connectivity index (χ0v) is 20.9. The lowest BCUT2D eigenvalue weighted by atomic mass is 10.1. The van der Waals surface area contributed by atoms with Crippen LogP contribution < -0.4 is 25.0 Å². The van der Waals surface area contributed by atoms with Crippen molar-refractivity contribution in [3.63, 3.8) is 0 Å². The van der Waals surface area contributed by atoms with Gasteiger partial charge >= 0.3 is 0 Å². The van der Waals surface area contributed by atoms with Gasteiger partial charge < -0.3 is 24.1 Å². The molecule has 9 heteroatoms. The molecule has 2 N–H and O–H groups in total. The molecule has 190 valence electrons. The summed E-state index contributed by atoms with van der Waals surface area (Å²) in [5.74, 6) is 0.117. The van der Waals surface area contributed by atoms with E-state index in [1.54, 1.807) is 6.21 Å². The monoisotopic (exact) mass is 500 g/mol. The fourth-order valence-electron chi connectivity index (χ4n) is 3.98. The smallest absolute Gasteiger partial charge is 0.259 e. The molecule has 1 heterocycles. The molecule has 37 heavy (non-hydrogen) atoms. The molecule has 9 nitrogen and oxygen atoms in total. The summed E-state index contributed by atoms with van der Waals surface area (Å²) in [7, 11) is 4.40. The van der Waals surface area contributed by atoms with Crippen LogP contribution in [0.25, 0.3) is 10.9 Å². The van der Waals surface area contributed by atoms with Gasteiger partial charge in [-0.3, -0.25) is 9.59 Å². The molecule has 0 aliphatic rings. The zero-order chi connectivity index (χ0) is 26.2. The van der Waals surface area contributed by atoms with Crippen LogP contribution in [0.2, 0.25) is 0 Å². The fraction of sp³-hybridized carbons (Fsp3) is 0.179. The van der Waals surface area contributed by atoms with Crippen LogP contribution in [-0.2, 0) is 11.3 Å². The van der Waals surface area contributed by atoms with E-state index in [9.17, 15) is 9.59 Å². The van der Waals surface area contributed by atoms with Crippen LogP contribution >= 0.6 is 0 Å². The number of nitrogens with zero attached hydrogens (tertiary/aromatic N) is 2. The summed E-state index contributed by atoms with van der Waals surface area (Å²) in [5, 5.41) is 7.68. The highest BCUT2D eigenvalue weighted by molar-refractivity contribution is 6.00. The van der Waals surface area contributed by atoms with Crippen LogP contribution in [0.15, 0.2) is 78.0 Å². The van der Waals surface area contributed by atoms with Gasteiger partial charge in [0.25, 0.3) is 11.8 Å². The highest BCUT2D eigenvalue weighted by Crippen LogP contribution is 2.38. The number of hydrazone groups is 1. The Morgan fingerprint density at radius 1 is 0.919 bits per heavy atom. The largest absolute Gasteiger partial charge is 0.493 e. The van der Waals surface area contributed by atoms with Crippen molar-refractivity contribution in [3.8, 4) is 17.2 Å². The Morgan fingerprint density at radius 2 is 1.59 bits per heavy atom. The topological polar surface area (TPSA) is 103 Å². The predicted octanol–water partition coefficient (Wildman–Crippen LogP) is 3.60. The molecule has 3 aromatic carbocycles. The Labute approximate surface area is 214 Å². The lowest BCUT2D eigenvalue weighted by Gasteiger charge is -2.14. The summed E-state index contributed by atoms with van der Waals surface area (Å²) in [4.78, 5) is 24.9. The van der Waals surface area contributed by atoms with Gasteiger partial charge in [-0.05, 0) is 23.8 Å². The maximum Gasteiger partial charge on any atom is 0.259 e. The van der Waals surface area contributed by atoms with Gasteiger partial charge in [-0.1, -0.05) is 48.5 Å². The maximum atomic E-state index is 12.6. The molecule has 0 aliphatic heterocycles. The third-order valence-electron chi connectivity index (χ3n) is 5.74. The van der Waals surface area contributed by atoms with Crippen molar-refractivity contribution >= 4 is 28.9 Å². The minimum Gasteiger partial charge on any atom is -0.493 e. The summed E-state index contributed by atoms with van der Waals surface area (Å²) >= 11 is 0. The Bertz CT molecular complexity index is 1400. The van der Waals surface area contributed by atoms with Crippen molar-refractivity contribution < 1.29 is 23.8 Å². The number of aromatic nitrogens is 1. The Hall–Kier alpha value is -4.79. The highest BCUT2D eigenvalue weighted by atomic mass is 16.5. The van der Waals surface area contributed by atoms with Crippen molar-refractivity contribution in [2.45, 2.75) is 6.54 Å². The first-order valence-electron chi connectivity index (χ1n) is 11.6. The Morgan fingerprint density at radius 3 is 2.27 bits per heavy atom. The molecule has 0 fully saturated rings. The summed E-state index contributed by atoms with van der Waals surface area (Å²) in [5.41, 5.74) is 5.84. The average molecular weight is 501 g/mol. The number of amides is 2. The Balaban J connectivity index is 1.39. The minimum atomic E-state index is -0.470. The molecule has 0 bridgehead atoms. The lowest BCUT2D eigenvalue weighted by molar-refractivity contribution is -0.120.